The number of hydrogen-bond donors (Lipinski definition) is 0. The highest BCUT2D eigenvalue weighted by Crippen LogP contribution is 2.46. The van der Waals surface area contributed by atoms with E-state index in [2.05, 4.69) is 206 Å². The minimum atomic E-state index is 1.21. The van der Waals surface area contributed by atoms with E-state index in [4.69, 9.17) is 0 Å². The third-order valence-electron chi connectivity index (χ3n) is 10.6. The summed E-state index contributed by atoms with van der Waals surface area (Å²) in [6.45, 7) is 0. The fourth-order valence-electron chi connectivity index (χ4n) is 8.01. The van der Waals surface area contributed by atoms with Crippen molar-refractivity contribution in [3.8, 4) is 55.6 Å². The molecule has 0 aromatic heterocycles. The van der Waals surface area contributed by atoms with E-state index in [1.54, 1.807) is 0 Å². The van der Waals surface area contributed by atoms with E-state index in [1.165, 1.54) is 98.7 Å². The van der Waals surface area contributed by atoms with Crippen molar-refractivity contribution in [2.75, 3.05) is 0 Å². The normalized spacial score (nSPS) is 11.5. The molecule has 0 atom stereocenters. The molecular formula is C52H34. The van der Waals surface area contributed by atoms with Gasteiger partial charge in [-0.3, -0.25) is 0 Å². The smallest absolute Gasteiger partial charge is 0.00259 e. The molecule has 0 aliphatic rings. The molecule has 52 heavy (non-hydrogen) atoms. The van der Waals surface area contributed by atoms with Gasteiger partial charge in [0.05, 0.1) is 0 Å². The molecule has 0 fully saturated rings. The van der Waals surface area contributed by atoms with Gasteiger partial charge in [0, 0.05) is 0 Å². The average molecular weight is 659 g/mol. The molecule has 10 aromatic carbocycles. The first kappa shape index (κ1) is 30.1. The fourth-order valence-corrected chi connectivity index (χ4v) is 8.01. The SMILES string of the molecule is c1ccc(-c2ccc3c(-c4ccc5ccccc5c4)c4cc(-c5ccccc5)ccc4c(-c4ccc(-c5ccc6ccccc6c5)cc4)c3c2)cc1. The summed E-state index contributed by atoms with van der Waals surface area (Å²) in [6.07, 6.45) is 0. The van der Waals surface area contributed by atoms with Crippen molar-refractivity contribution < 1.29 is 0 Å². The first-order chi connectivity index (χ1) is 25.8. The molecule has 0 N–H and O–H groups in total. The summed E-state index contributed by atoms with van der Waals surface area (Å²) in [6, 6.07) is 75.7. The standard InChI is InChI=1S/C52H34/c1-3-11-35(12-4-1)44-28-30-48-49(33-44)51(40-23-19-39(20-24-40)43-25-21-37-15-7-9-17-41(37)31-43)47-29-27-45(36-13-5-2-6-14-36)34-50(47)52(48)46-26-22-38-16-8-10-18-42(38)32-46/h1-34H. The number of fused-ring (bicyclic) bond motifs is 4. The minimum absolute atomic E-state index is 1.21. The molecule has 0 unspecified atom stereocenters. The summed E-state index contributed by atoms with van der Waals surface area (Å²) < 4.78 is 0. The summed E-state index contributed by atoms with van der Waals surface area (Å²) in [5, 5.41) is 10.0. The van der Waals surface area contributed by atoms with Crippen LogP contribution < -0.4 is 0 Å². The highest BCUT2D eigenvalue weighted by Gasteiger charge is 2.19. The third-order valence-corrected chi connectivity index (χ3v) is 10.6. The Morgan fingerprint density at radius 2 is 0.519 bits per heavy atom. The second-order valence-corrected chi connectivity index (χ2v) is 13.7. The summed E-state index contributed by atoms with van der Waals surface area (Å²) >= 11 is 0. The molecule has 0 heteroatoms. The van der Waals surface area contributed by atoms with Crippen LogP contribution in [0.5, 0.6) is 0 Å². The first-order valence-electron chi connectivity index (χ1n) is 18.0. The molecule has 0 heterocycles. The van der Waals surface area contributed by atoms with Crippen LogP contribution in [-0.4, -0.2) is 0 Å². The molecule has 10 rings (SSSR count). The Hall–Kier alpha value is -6.76. The van der Waals surface area contributed by atoms with Crippen LogP contribution in [0.15, 0.2) is 206 Å². The number of benzene rings is 10. The molecule has 0 aliphatic heterocycles. The minimum Gasteiger partial charge on any atom is -0.0622 e. The molecule has 242 valence electrons. The highest BCUT2D eigenvalue weighted by atomic mass is 14.2. The van der Waals surface area contributed by atoms with E-state index < -0.39 is 0 Å². The van der Waals surface area contributed by atoms with Gasteiger partial charge in [-0.1, -0.05) is 182 Å². The van der Waals surface area contributed by atoms with Gasteiger partial charge in [-0.05, 0) is 123 Å². The van der Waals surface area contributed by atoms with Gasteiger partial charge in [-0.15, -0.1) is 0 Å². The van der Waals surface area contributed by atoms with Crippen LogP contribution in [0.4, 0.5) is 0 Å². The van der Waals surface area contributed by atoms with Crippen LogP contribution in [0, 0.1) is 0 Å². The second kappa shape index (κ2) is 12.5. The third kappa shape index (κ3) is 5.25. The predicted octanol–water partition coefficient (Wildman–Crippen LogP) is 14.6. The second-order valence-electron chi connectivity index (χ2n) is 13.7. The lowest BCUT2D eigenvalue weighted by atomic mass is 9.83. The Bertz CT molecular complexity index is 2920. The van der Waals surface area contributed by atoms with Crippen LogP contribution in [0.1, 0.15) is 0 Å². The quantitative estimate of drug-likeness (QED) is 0.161. The van der Waals surface area contributed by atoms with E-state index in [9.17, 15) is 0 Å². The summed E-state index contributed by atoms with van der Waals surface area (Å²) in [5.41, 5.74) is 12.3. The van der Waals surface area contributed by atoms with Gasteiger partial charge in [0.2, 0.25) is 0 Å². The predicted molar refractivity (Wildman–Crippen MR) is 224 cm³/mol. The van der Waals surface area contributed by atoms with E-state index >= 15 is 0 Å². The van der Waals surface area contributed by atoms with Gasteiger partial charge in [0.15, 0.2) is 0 Å². The first-order valence-corrected chi connectivity index (χ1v) is 18.0. The van der Waals surface area contributed by atoms with Crippen molar-refractivity contribution in [1.82, 2.24) is 0 Å². The molecule has 0 saturated heterocycles. The van der Waals surface area contributed by atoms with Crippen molar-refractivity contribution in [2.24, 2.45) is 0 Å². The van der Waals surface area contributed by atoms with Crippen molar-refractivity contribution in [2.45, 2.75) is 0 Å². The Balaban J connectivity index is 1.26. The average Bonchev–Trinajstić information content (AvgIpc) is 3.23. The number of rotatable bonds is 5. The van der Waals surface area contributed by atoms with Gasteiger partial charge in [0.1, 0.15) is 0 Å². The monoisotopic (exact) mass is 658 g/mol. The van der Waals surface area contributed by atoms with Crippen molar-refractivity contribution in [3.63, 3.8) is 0 Å². The Labute approximate surface area is 303 Å². The van der Waals surface area contributed by atoms with Gasteiger partial charge in [0.25, 0.3) is 0 Å². The van der Waals surface area contributed by atoms with Crippen molar-refractivity contribution in [1.29, 1.82) is 0 Å². The van der Waals surface area contributed by atoms with Crippen LogP contribution in [0.3, 0.4) is 0 Å². The van der Waals surface area contributed by atoms with E-state index in [1.807, 2.05) is 0 Å². The topological polar surface area (TPSA) is 0 Å². The fraction of sp³-hybridized carbons (Fsp3) is 0. The Morgan fingerprint density at radius 1 is 0.173 bits per heavy atom. The zero-order valence-electron chi connectivity index (χ0n) is 28.6. The zero-order chi connectivity index (χ0) is 34.4. The van der Waals surface area contributed by atoms with Crippen LogP contribution in [-0.2, 0) is 0 Å². The maximum atomic E-state index is 2.41. The molecule has 0 bridgehead atoms. The van der Waals surface area contributed by atoms with Gasteiger partial charge in [-0.2, -0.15) is 0 Å². The maximum absolute atomic E-state index is 2.41. The van der Waals surface area contributed by atoms with E-state index in [0.717, 1.165) is 0 Å². The molecule has 0 aliphatic carbocycles. The van der Waals surface area contributed by atoms with Crippen molar-refractivity contribution in [3.05, 3.63) is 206 Å². The maximum Gasteiger partial charge on any atom is -0.00259 e. The molecular weight excluding hydrogens is 625 g/mol. The molecule has 0 spiro atoms. The van der Waals surface area contributed by atoms with Gasteiger partial charge < -0.3 is 0 Å². The van der Waals surface area contributed by atoms with Crippen molar-refractivity contribution >= 4 is 43.1 Å². The molecule has 0 radical (unpaired) electrons. The molecule has 0 nitrogen and oxygen atoms in total. The zero-order valence-corrected chi connectivity index (χ0v) is 28.6. The van der Waals surface area contributed by atoms with Gasteiger partial charge in [-0.25, -0.2) is 0 Å². The van der Waals surface area contributed by atoms with Crippen LogP contribution >= 0.6 is 0 Å². The van der Waals surface area contributed by atoms with Crippen LogP contribution in [0.25, 0.3) is 98.7 Å². The summed E-state index contributed by atoms with van der Waals surface area (Å²) in [5.74, 6) is 0. The highest BCUT2D eigenvalue weighted by molar-refractivity contribution is 6.23. The van der Waals surface area contributed by atoms with Gasteiger partial charge >= 0.3 is 0 Å². The van der Waals surface area contributed by atoms with Crippen LogP contribution in [0.2, 0.25) is 0 Å². The van der Waals surface area contributed by atoms with E-state index in [0.29, 0.717) is 0 Å². The van der Waals surface area contributed by atoms with E-state index in [-0.39, 0.29) is 0 Å². The molecule has 0 amide bonds. The molecule has 10 aromatic rings. The number of hydrogen-bond acceptors (Lipinski definition) is 0. The Morgan fingerprint density at radius 3 is 1.06 bits per heavy atom. The lowest BCUT2D eigenvalue weighted by Gasteiger charge is -2.20. The molecule has 0 saturated carbocycles. The largest absolute Gasteiger partial charge is 0.0622 e. The lowest BCUT2D eigenvalue weighted by molar-refractivity contribution is 1.61. The summed E-state index contributed by atoms with van der Waals surface area (Å²) in [7, 11) is 0. The summed E-state index contributed by atoms with van der Waals surface area (Å²) in [4.78, 5) is 0. The lowest BCUT2D eigenvalue weighted by Crippen LogP contribution is -1.93. The Kier molecular flexibility index (Phi) is 7.25.